The van der Waals surface area contributed by atoms with Crippen molar-refractivity contribution in [1.82, 2.24) is 0 Å². The number of hydrogen-bond acceptors (Lipinski definition) is 2. The number of fused-ring (bicyclic) bond motifs is 1. The van der Waals surface area contributed by atoms with E-state index in [1.54, 1.807) is 6.07 Å². The van der Waals surface area contributed by atoms with Crippen molar-refractivity contribution in [3.8, 4) is 0 Å². The second-order valence-electron chi connectivity index (χ2n) is 4.85. The third kappa shape index (κ3) is 2.88. The van der Waals surface area contributed by atoms with Crippen molar-refractivity contribution < 1.29 is 13.2 Å². The van der Waals surface area contributed by atoms with Crippen molar-refractivity contribution in [3.63, 3.8) is 0 Å². The predicted octanol–water partition coefficient (Wildman–Crippen LogP) is 5.09. The molecular formula is C16H12F3NS. The van der Waals surface area contributed by atoms with Crippen LogP contribution in [0.2, 0.25) is 0 Å². The Kier molecular flexibility index (Phi) is 3.37. The Hall–Kier alpha value is -2.01. The molecule has 21 heavy (non-hydrogen) atoms. The molecule has 0 saturated carbocycles. The number of rotatable bonds is 2. The van der Waals surface area contributed by atoms with Gasteiger partial charge in [-0.25, -0.2) is 0 Å². The molecule has 3 rings (SSSR count). The van der Waals surface area contributed by atoms with Gasteiger partial charge in [0.05, 0.1) is 10.3 Å². The molecule has 1 aromatic heterocycles. The van der Waals surface area contributed by atoms with E-state index < -0.39 is 11.7 Å². The summed E-state index contributed by atoms with van der Waals surface area (Å²) in [6.45, 7) is 0. The first-order chi connectivity index (χ1) is 9.93. The van der Waals surface area contributed by atoms with E-state index in [1.807, 2.05) is 24.3 Å². The van der Waals surface area contributed by atoms with Gasteiger partial charge in [-0.05, 0) is 29.1 Å². The van der Waals surface area contributed by atoms with Crippen LogP contribution in [0.4, 0.5) is 18.9 Å². The highest BCUT2D eigenvalue weighted by atomic mass is 32.1. The van der Waals surface area contributed by atoms with Crippen LogP contribution in [0.25, 0.3) is 10.1 Å². The van der Waals surface area contributed by atoms with Crippen LogP contribution in [-0.2, 0) is 12.6 Å². The third-order valence-corrected chi connectivity index (χ3v) is 4.46. The molecule has 0 fully saturated rings. The zero-order valence-corrected chi connectivity index (χ0v) is 11.8. The number of nitrogens with two attached hydrogens (primary N) is 1. The van der Waals surface area contributed by atoms with Crippen molar-refractivity contribution >= 4 is 27.1 Å². The van der Waals surface area contributed by atoms with Crippen molar-refractivity contribution in [2.45, 2.75) is 12.6 Å². The first-order valence-corrected chi connectivity index (χ1v) is 7.18. The Morgan fingerprint density at radius 2 is 1.76 bits per heavy atom. The van der Waals surface area contributed by atoms with E-state index in [4.69, 9.17) is 5.73 Å². The fourth-order valence-corrected chi connectivity index (χ4v) is 3.40. The topological polar surface area (TPSA) is 26.0 Å². The SMILES string of the molecule is Nc1cccc2cc(Cc3cccc(C(F)(F)F)c3)sc12. The molecule has 0 saturated heterocycles. The number of thiophene rings is 1. The maximum absolute atomic E-state index is 12.7. The lowest BCUT2D eigenvalue weighted by molar-refractivity contribution is -0.137. The third-order valence-electron chi connectivity index (χ3n) is 3.26. The second kappa shape index (κ2) is 5.07. The molecule has 0 radical (unpaired) electrons. The lowest BCUT2D eigenvalue weighted by atomic mass is 10.1. The summed E-state index contributed by atoms with van der Waals surface area (Å²) >= 11 is 1.53. The van der Waals surface area contributed by atoms with Gasteiger partial charge in [0.25, 0.3) is 0 Å². The van der Waals surface area contributed by atoms with Crippen LogP contribution < -0.4 is 5.73 Å². The number of anilines is 1. The van der Waals surface area contributed by atoms with Crippen molar-refractivity contribution in [2.24, 2.45) is 0 Å². The highest BCUT2D eigenvalue weighted by Crippen LogP contribution is 2.33. The average Bonchev–Trinajstić information content (AvgIpc) is 2.82. The minimum Gasteiger partial charge on any atom is -0.398 e. The Bertz CT molecular complexity index is 790. The van der Waals surface area contributed by atoms with Crippen LogP contribution in [0.15, 0.2) is 48.5 Å². The summed E-state index contributed by atoms with van der Waals surface area (Å²) in [6, 6.07) is 13.1. The lowest BCUT2D eigenvalue weighted by Gasteiger charge is -2.08. The smallest absolute Gasteiger partial charge is 0.398 e. The van der Waals surface area contributed by atoms with Gasteiger partial charge in [-0.3, -0.25) is 0 Å². The van der Waals surface area contributed by atoms with E-state index in [2.05, 4.69) is 0 Å². The Labute approximate surface area is 123 Å². The number of hydrogen-bond donors (Lipinski definition) is 1. The summed E-state index contributed by atoms with van der Waals surface area (Å²) in [5.41, 5.74) is 6.65. The predicted molar refractivity (Wildman–Crippen MR) is 80.5 cm³/mol. The normalized spacial score (nSPS) is 12.0. The van der Waals surface area contributed by atoms with Gasteiger partial charge in [0.2, 0.25) is 0 Å². The first kappa shape index (κ1) is 13.9. The number of halogens is 3. The van der Waals surface area contributed by atoms with Crippen LogP contribution in [0.5, 0.6) is 0 Å². The fourth-order valence-electron chi connectivity index (χ4n) is 2.28. The molecule has 2 N–H and O–H groups in total. The van der Waals surface area contributed by atoms with Crippen molar-refractivity contribution in [3.05, 3.63) is 64.5 Å². The molecule has 5 heteroatoms. The van der Waals surface area contributed by atoms with Gasteiger partial charge >= 0.3 is 6.18 Å². The zero-order chi connectivity index (χ0) is 15.0. The van der Waals surface area contributed by atoms with Crippen LogP contribution >= 0.6 is 11.3 Å². The zero-order valence-electron chi connectivity index (χ0n) is 10.9. The summed E-state index contributed by atoms with van der Waals surface area (Å²) in [5, 5.41) is 1.03. The quantitative estimate of drug-likeness (QED) is 0.655. The standard InChI is InChI=1S/C16H12F3NS/c17-16(18,19)12-5-1-3-10(7-12)8-13-9-11-4-2-6-14(20)15(11)21-13/h1-7,9H,8,20H2. The fraction of sp³-hybridized carbons (Fsp3) is 0.125. The summed E-state index contributed by atoms with van der Waals surface area (Å²) in [7, 11) is 0. The van der Waals surface area contributed by atoms with Crippen LogP contribution in [-0.4, -0.2) is 0 Å². The molecule has 0 spiro atoms. The molecule has 3 aromatic rings. The number of nitrogen functional groups attached to an aromatic ring is 1. The monoisotopic (exact) mass is 307 g/mol. The summed E-state index contributed by atoms with van der Waals surface area (Å²) < 4.78 is 39.1. The Balaban J connectivity index is 1.93. The Morgan fingerprint density at radius 1 is 1.00 bits per heavy atom. The van der Waals surface area contributed by atoms with Gasteiger partial charge in [0.1, 0.15) is 0 Å². The molecule has 108 valence electrons. The van der Waals surface area contributed by atoms with E-state index in [0.717, 1.165) is 21.0 Å². The molecule has 0 amide bonds. The lowest BCUT2D eigenvalue weighted by Crippen LogP contribution is -2.05. The molecule has 0 aliphatic heterocycles. The van der Waals surface area contributed by atoms with Crippen LogP contribution in [0.1, 0.15) is 16.0 Å². The van der Waals surface area contributed by atoms with Crippen LogP contribution in [0.3, 0.4) is 0 Å². The maximum Gasteiger partial charge on any atom is 0.416 e. The molecular weight excluding hydrogens is 295 g/mol. The summed E-state index contributed by atoms with van der Waals surface area (Å²) in [6.07, 6.45) is -3.83. The summed E-state index contributed by atoms with van der Waals surface area (Å²) in [4.78, 5) is 1.00. The van der Waals surface area contributed by atoms with Crippen molar-refractivity contribution in [2.75, 3.05) is 5.73 Å². The van der Waals surface area contributed by atoms with E-state index in [9.17, 15) is 13.2 Å². The van der Waals surface area contributed by atoms with Gasteiger partial charge in [-0.1, -0.05) is 30.3 Å². The molecule has 0 atom stereocenters. The molecule has 1 heterocycles. The number of benzene rings is 2. The van der Waals surface area contributed by atoms with Gasteiger partial charge in [-0.15, -0.1) is 11.3 Å². The largest absolute Gasteiger partial charge is 0.416 e. The van der Waals surface area contributed by atoms with E-state index in [1.165, 1.54) is 23.5 Å². The molecule has 0 bridgehead atoms. The van der Waals surface area contributed by atoms with E-state index in [0.29, 0.717) is 17.7 Å². The molecule has 0 aliphatic carbocycles. The molecule has 0 aliphatic rings. The average molecular weight is 307 g/mol. The van der Waals surface area contributed by atoms with Gasteiger partial charge in [0.15, 0.2) is 0 Å². The Morgan fingerprint density at radius 3 is 2.48 bits per heavy atom. The molecule has 1 nitrogen and oxygen atoms in total. The van der Waals surface area contributed by atoms with E-state index >= 15 is 0 Å². The van der Waals surface area contributed by atoms with Crippen molar-refractivity contribution in [1.29, 1.82) is 0 Å². The second-order valence-corrected chi connectivity index (χ2v) is 5.99. The van der Waals surface area contributed by atoms with Gasteiger partial charge in [-0.2, -0.15) is 13.2 Å². The molecule has 0 unspecified atom stereocenters. The van der Waals surface area contributed by atoms with Gasteiger partial charge in [0, 0.05) is 17.0 Å². The minimum atomic E-state index is -4.30. The van der Waals surface area contributed by atoms with Crippen LogP contribution in [0, 0.1) is 0 Å². The minimum absolute atomic E-state index is 0.475. The highest BCUT2D eigenvalue weighted by molar-refractivity contribution is 7.19. The highest BCUT2D eigenvalue weighted by Gasteiger charge is 2.30. The van der Waals surface area contributed by atoms with Gasteiger partial charge < -0.3 is 5.73 Å². The number of alkyl halides is 3. The molecule has 2 aromatic carbocycles. The van der Waals surface area contributed by atoms with E-state index in [-0.39, 0.29) is 0 Å². The maximum atomic E-state index is 12.7. The first-order valence-electron chi connectivity index (χ1n) is 6.36. The summed E-state index contributed by atoms with van der Waals surface area (Å²) in [5.74, 6) is 0.